The highest BCUT2D eigenvalue weighted by Crippen LogP contribution is 2.29. The van der Waals surface area contributed by atoms with Gasteiger partial charge in [0.05, 0.1) is 22.3 Å². The van der Waals surface area contributed by atoms with Gasteiger partial charge in [-0.15, -0.1) is 12.4 Å². The first kappa shape index (κ1) is 19.8. The van der Waals surface area contributed by atoms with Crippen molar-refractivity contribution in [2.75, 3.05) is 31.5 Å². The molecule has 1 aliphatic heterocycles. The number of anilines is 1. The van der Waals surface area contributed by atoms with E-state index in [2.05, 4.69) is 15.5 Å². The smallest absolute Gasteiger partial charge is 0.238 e. The highest BCUT2D eigenvalue weighted by molar-refractivity contribution is 6.43. The van der Waals surface area contributed by atoms with Crippen LogP contribution in [-0.2, 0) is 4.79 Å². The normalized spacial score (nSPS) is 18.9. The molecule has 0 radical (unpaired) electrons. The quantitative estimate of drug-likeness (QED) is 0.773. The van der Waals surface area contributed by atoms with Gasteiger partial charge in [-0.25, -0.2) is 0 Å². The number of hydrogen-bond acceptors (Lipinski definition) is 3. The Morgan fingerprint density at radius 2 is 1.88 bits per heavy atom. The number of halogens is 3. The summed E-state index contributed by atoms with van der Waals surface area (Å²) in [6.45, 7) is 3.48. The Morgan fingerprint density at radius 3 is 2.54 bits per heavy atom. The number of nitrogens with zero attached hydrogens (tertiary/aromatic N) is 1. The van der Waals surface area contributed by atoms with Crippen molar-refractivity contribution in [3.63, 3.8) is 0 Å². The third kappa shape index (κ3) is 5.78. The number of carbonyl (C=O) groups excluding carboxylic acids is 1. The molecule has 2 N–H and O–H groups in total. The lowest BCUT2D eigenvalue weighted by molar-refractivity contribution is -0.117. The average molecular weight is 393 g/mol. The van der Waals surface area contributed by atoms with Gasteiger partial charge in [-0.2, -0.15) is 0 Å². The average Bonchev–Trinajstić information content (AvgIpc) is 3.35. The molecule has 1 aromatic carbocycles. The van der Waals surface area contributed by atoms with Gasteiger partial charge in [0.2, 0.25) is 5.91 Å². The van der Waals surface area contributed by atoms with E-state index in [0.717, 1.165) is 31.8 Å². The van der Waals surface area contributed by atoms with Gasteiger partial charge in [-0.3, -0.25) is 9.69 Å². The second-order valence-electron chi connectivity index (χ2n) is 6.55. The summed E-state index contributed by atoms with van der Waals surface area (Å²) in [5, 5.41) is 7.34. The lowest BCUT2D eigenvalue weighted by atomic mass is 10.0. The summed E-state index contributed by atoms with van der Waals surface area (Å²) < 4.78 is 0. The van der Waals surface area contributed by atoms with Crippen molar-refractivity contribution in [1.29, 1.82) is 0 Å². The van der Waals surface area contributed by atoms with Crippen molar-refractivity contribution < 1.29 is 4.79 Å². The van der Waals surface area contributed by atoms with E-state index in [1.54, 1.807) is 18.2 Å². The van der Waals surface area contributed by atoms with E-state index in [0.29, 0.717) is 28.3 Å². The van der Waals surface area contributed by atoms with Gasteiger partial charge >= 0.3 is 0 Å². The number of benzene rings is 1. The number of nitrogens with one attached hydrogen (secondary N) is 2. The zero-order chi connectivity index (χ0) is 16.2. The molecule has 134 valence electrons. The SMILES string of the molecule is Cl.O=C(CN1CCC(NCC2CC2)CC1)Nc1cccc(Cl)c1Cl. The van der Waals surface area contributed by atoms with Crippen molar-refractivity contribution in [2.24, 2.45) is 5.92 Å². The summed E-state index contributed by atoms with van der Waals surface area (Å²) in [4.78, 5) is 14.4. The lowest BCUT2D eigenvalue weighted by Gasteiger charge is -2.32. The molecule has 1 saturated heterocycles. The van der Waals surface area contributed by atoms with E-state index in [-0.39, 0.29) is 18.3 Å². The first-order chi connectivity index (χ1) is 11.1. The van der Waals surface area contributed by atoms with Crippen LogP contribution < -0.4 is 10.6 Å². The van der Waals surface area contributed by atoms with Crippen LogP contribution in [-0.4, -0.2) is 43.0 Å². The van der Waals surface area contributed by atoms with Gasteiger partial charge in [-0.1, -0.05) is 29.3 Å². The molecule has 2 fully saturated rings. The minimum Gasteiger partial charge on any atom is -0.324 e. The summed E-state index contributed by atoms with van der Waals surface area (Å²) in [6, 6.07) is 5.86. The van der Waals surface area contributed by atoms with Crippen molar-refractivity contribution in [3.8, 4) is 0 Å². The standard InChI is InChI=1S/C17H23Cl2N3O.ClH/c18-14-2-1-3-15(17(14)19)21-16(23)11-22-8-6-13(7-9-22)20-10-12-4-5-12;/h1-3,12-13,20H,4-11H2,(H,21,23);1H. The Kier molecular flexibility index (Phi) is 7.63. The molecule has 0 aromatic heterocycles. The summed E-state index contributed by atoms with van der Waals surface area (Å²) in [5.74, 6) is 0.875. The number of piperidine rings is 1. The zero-order valence-electron chi connectivity index (χ0n) is 13.6. The van der Waals surface area contributed by atoms with E-state index < -0.39 is 0 Å². The van der Waals surface area contributed by atoms with Crippen molar-refractivity contribution in [1.82, 2.24) is 10.2 Å². The van der Waals surface area contributed by atoms with Crippen LogP contribution in [0.15, 0.2) is 18.2 Å². The summed E-state index contributed by atoms with van der Waals surface area (Å²) >= 11 is 12.1. The highest BCUT2D eigenvalue weighted by atomic mass is 35.5. The number of hydrogen-bond donors (Lipinski definition) is 2. The van der Waals surface area contributed by atoms with E-state index in [1.807, 2.05) is 0 Å². The van der Waals surface area contributed by atoms with Crippen LogP contribution in [0.3, 0.4) is 0 Å². The van der Waals surface area contributed by atoms with Crippen molar-refractivity contribution in [3.05, 3.63) is 28.2 Å². The molecule has 2 aliphatic rings. The topological polar surface area (TPSA) is 44.4 Å². The maximum atomic E-state index is 12.2. The molecule has 24 heavy (non-hydrogen) atoms. The highest BCUT2D eigenvalue weighted by Gasteiger charge is 2.25. The Labute approximate surface area is 159 Å². The van der Waals surface area contributed by atoms with Gasteiger partial charge in [-0.05, 0) is 50.3 Å². The number of likely N-dealkylation sites (tertiary alicyclic amines) is 1. The molecular weight excluding hydrogens is 369 g/mol. The summed E-state index contributed by atoms with van der Waals surface area (Å²) in [7, 11) is 0. The van der Waals surface area contributed by atoms with Crippen LogP contribution in [0.2, 0.25) is 10.0 Å². The van der Waals surface area contributed by atoms with Crippen molar-refractivity contribution >= 4 is 47.2 Å². The minimum absolute atomic E-state index is 0. The third-order valence-electron chi connectivity index (χ3n) is 4.57. The molecule has 3 rings (SSSR count). The van der Waals surface area contributed by atoms with Crippen LogP contribution in [0.25, 0.3) is 0 Å². The fourth-order valence-corrected chi connectivity index (χ4v) is 3.29. The Morgan fingerprint density at radius 1 is 1.17 bits per heavy atom. The predicted octanol–water partition coefficient (Wildman–Crippen LogP) is 3.82. The molecule has 1 aliphatic carbocycles. The minimum atomic E-state index is -0.0430. The molecule has 1 heterocycles. The van der Waals surface area contributed by atoms with E-state index in [9.17, 15) is 4.79 Å². The lowest BCUT2D eigenvalue weighted by Crippen LogP contribution is -2.45. The van der Waals surface area contributed by atoms with Gasteiger partial charge in [0.1, 0.15) is 0 Å². The molecule has 0 unspecified atom stereocenters. The maximum absolute atomic E-state index is 12.2. The first-order valence-electron chi connectivity index (χ1n) is 8.31. The first-order valence-corrected chi connectivity index (χ1v) is 9.07. The molecule has 1 aromatic rings. The molecule has 1 amide bonds. The van der Waals surface area contributed by atoms with Gasteiger partial charge in [0.25, 0.3) is 0 Å². The maximum Gasteiger partial charge on any atom is 0.238 e. The number of carbonyl (C=O) groups is 1. The van der Waals surface area contributed by atoms with Gasteiger partial charge < -0.3 is 10.6 Å². The second-order valence-corrected chi connectivity index (χ2v) is 7.34. The van der Waals surface area contributed by atoms with E-state index in [4.69, 9.17) is 23.2 Å². The van der Waals surface area contributed by atoms with Gasteiger partial charge in [0, 0.05) is 19.1 Å². The molecule has 1 saturated carbocycles. The molecule has 0 spiro atoms. The predicted molar refractivity (Wildman–Crippen MR) is 103 cm³/mol. The van der Waals surface area contributed by atoms with Crippen LogP contribution in [0, 0.1) is 5.92 Å². The molecule has 7 heteroatoms. The Balaban J connectivity index is 0.00000208. The fourth-order valence-electron chi connectivity index (χ4n) is 2.94. The van der Waals surface area contributed by atoms with Crippen LogP contribution >= 0.6 is 35.6 Å². The van der Waals surface area contributed by atoms with Gasteiger partial charge in [0.15, 0.2) is 0 Å². The largest absolute Gasteiger partial charge is 0.324 e. The van der Waals surface area contributed by atoms with E-state index in [1.165, 1.54) is 19.4 Å². The fraction of sp³-hybridized carbons (Fsp3) is 0.588. The molecular formula is C17H24Cl3N3O. The third-order valence-corrected chi connectivity index (χ3v) is 5.39. The van der Waals surface area contributed by atoms with Crippen LogP contribution in [0.5, 0.6) is 0 Å². The van der Waals surface area contributed by atoms with Crippen LogP contribution in [0.4, 0.5) is 5.69 Å². The van der Waals surface area contributed by atoms with Crippen molar-refractivity contribution in [2.45, 2.75) is 31.7 Å². The monoisotopic (exact) mass is 391 g/mol. The zero-order valence-corrected chi connectivity index (χ0v) is 15.9. The molecule has 4 nitrogen and oxygen atoms in total. The Bertz CT molecular complexity index is 558. The van der Waals surface area contributed by atoms with E-state index >= 15 is 0 Å². The molecule has 0 bridgehead atoms. The number of amides is 1. The summed E-state index contributed by atoms with van der Waals surface area (Å²) in [5.41, 5.74) is 0.574. The second kappa shape index (κ2) is 9.25. The Hall–Kier alpha value is -0.520. The van der Waals surface area contributed by atoms with Crippen LogP contribution in [0.1, 0.15) is 25.7 Å². The number of rotatable bonds is 6. The molecule has 0 atom stereocenters. The summed E-state index contributed by atoms with van der Waals surface area (Å²) in [6.07, 6.45) is 4.99.